The van der Waals surface area contributed by atoms with Gasteiger partial charge in [-0.3, -0.25) is 4.79 Å². The van der Waals surface area contributed by atoms with Crippen LogP contribution in [0.25, 0.3) is 22.8 Å². The number of benzene rings is 2. The van der Waals surface area contributed by atoms with E-state index in [1.54, 1.807) is 0 Å². The standard InChI is InChI=1S/C24H20INO2/c1-14-6-8-15(9-7-14)23-17-4-2-3-5-21(17)28-22(23)13-19-18-12-16(25)10-11-20(18)26-24(19)27/h6-13H,2-5H2,1H3,(H,26,27). The van der Waals surface area contributed by atoms with Crippen LogP contribution in [0.1, 0.15) is 41.1 Å². The Kier molecular flexibility index (Phi) is 4.38. The van der Waals surface area contributed by atoms with Crippen molar-refractivity contribution in [2.75, 3.05) is 5.32 Å². The molecule has 3 nitrogen and oxygen atoms in total. The average molecular weight is 481 g/mol. The first-order chi connectivity index (χ1) is 13.6. The lowest BCUT2D eigenvalue weighted by Gasteiger charge is -2.11. The Bertz CT molecular complexity index is 1120. The Morgan fingerprint density at radius 2 is 1.86 bits per heavy atom. The van der Waals surface area contributed by atoms with Gasteiger partial charge >= 0.3 is 0 Å². The first-order valence-corrected chi connectivity index (χ1v) is 10.7. The molecule has 2 aromatic carbocycles. The van der Waals surface area contributed by atoms with Crippen molar-refractivity contribution in [2.24, 2.45) is 0 Å². The van der Waals surface area contributed by atoms with Crippen molar-refractivity contribution in [3.63, 3.8) is 0 Å². The number of anilines is 1. The summed E-state index contributed by atoms with van der Waals surface area (Å²) < 4.78 is 7.43. The van der Waals surface area contributed by atoms with E-state index in [1.807, 2.05) is 24.3 Å². The monoisotopic (exact) mass is 481 g/mol. The molecule has 2 heterocycles. The summed E-state index contributed by atoms with van der Waals surface area (Å²) in [4.78, 5) is 12.7. The summed E-state index contributed by atoms with van der Waals surface area (Å²) in [5.74, 6) is 1.81. The third-order valence-electron chi connectivity index (χ3n) is 5.58. The van der Waals surface area contributed by atoms with Crippen LogP contribution in [-0.2, 0) is 17.6 Å². The molecule has 0 fully saturated rings. The smallest absolute Gasteiger partial charge is 0.256 e. The van der Waals surface area contributed by atoms with E-state index in [2.05, 4.69) is 59.1 Å². The van der Waals surface area contributed by atoms with Gasteiger partial charge in [-0.1, -0.05) is 29.8 Å². The summed E-state index contributed by atoms with van der Waals surface area (Å²) in [6.07, 6.45) is 6.28. The van der Waals surface area contributed by atoms with Gasteiger partial charge in [-0.25, -0.2) is 0 Å². The van der Waals surface area contributed by atoms with Gasteiger partial charge in [0.2, 0.25) is 0 Å². The molecule has 0 saturated carbocycles. The van der Waals surface area contributed by atoms with Crippen molar-refractivity contribution >= 4 is 45.8 Å². The lowest BCUT2D eigenvalue weighted by Crippen LogP contribution is -2.03. The molecule has 0 unspecified atom stereocenters. The van der Waals surface area contributed by atoms with Crippen LogP contribution in [0.2, 0.25) is 0 Å². The molecular formula is C24H20INO2. The Balaban J connectivity index is 1.70. The number of nitrogens with one attached hydrogen (secondary N) is 1. The van der Waals surface area contributed by atoms with Crippen molar-refractivity contribution < 1.29 is 9.21 Å². The second-order valence-electron chi connectivity index (χ2n) is 7.52. The Morgan fingerprint density at radius 1 is 1.07 bits per heavy atom. The van der Waals surface area contributed by atoms with Crippen molar-refractivity contribution in [3.05, 3.63) is 74.2 Å². The van der Waals surface area contributed by atoms with Crippen molar-refractivity contribution in [2.45, 2.75) is 32.6 Å². The molecule has 0 radical (unpaired) electrons. The largest absolute Gasteiger partial charge is 0.461 e. The zero-order valence-electron chi connectivity index (χ0n) is 15.6. The first-order valence-electron chi connectivity index (χ1n) is 9.65. The number of hydrogen-bond donors (Lipinski definition) is 1. The quantitative estimate of drug-likeness (QED) is 0.348. The highest BCUT2D eigenvalue weighted by molar-refractivity contribution is 14.1. The van der Waals surface area contributed by atoms with E-state index in [0.717, 1.165) is 56.7 Å². The van der Waals surface area contributed by atoms with Crippen LogP contribution in [0.5, 0.6) is 0 Å². The Labute approximate surface area is 178 Å². The summed E-state index contributed by atoms with van der Waals surface area (Å²) in [6.45, 7) is 2.10. The van der Waals surface area contributed by atoms with E-state index in [4.69, 9.17) is 4.42 Å². The summed E-state index contributed by atoms with van der Waals surface area (Å²) >= 11 is 2.28. The normalized spacial score (nSPS) is 16.8. The van der Waals surface area contributed by atoms with Crippen LogP contribution >= 0.6 is 22.6 Å². The molecule has 5 rings (SSSR count). The maximum absolute atomic E-state index is 12.7. The minimum absolute atomic E-state index is 0.0683. The van der Waals surface area contributed by atoms with E-state index in [9.17, 15) is 4.79 Å². The third kappa shape index (κ3) is 3.00. The molecule has 0 bridgehead atoms. The number of hydrogen-bond acceptors (Lipinski definition) is 2. The fraction of sp³-hybridized carbons (Fsp3) is 0.208. The molecule has 3 aromatic rings. The van der Waals surface area contributed by atoms with Crippen LogP contribution in [0.4, 0.5) is 5.69 Å². The number of carbonyl (C=O) groups is 1. The van der Waals surface area contributed by atoms with Gasteiger partial charge in [0, 0.05) is 32.4 Å². The van der Waals surface area contributed by atoms with Crippen molar-refractivity contribution in [3.8, 4) is 11.1 Å². The molecular weight excluding hydrogens is 461 g/mol. The molecule has 0 spiro atoms. The lowest BCUT2D eigenvalue weighted by atomic mass is 9.90. The van der Waals surface area contributed by atoms with Gasteiger partial charge in [-0.2, -0.15) is 0 Å². The van der Waals surface area contributed by atoms with E-state index < -0.39 is 0 Å². The van der Waals surface area contributed by atoms with Crippen LogP contribution in [0.3, 0.4) is 0 Å². The summed E-state index contributed by atoms with van der Waals surface area (Å²) in [7, 11) is 0. The van der Waals surface area contributed by atoms with Gasteiger partial charge in [0.05, 0.1) is 5.57 Å². The Morgan fingerprint density at radius 3 is 2.68 bits per heavy atom. The summed E-state index contributed by atoms with van der Waals surface area (Å²) in [5, 5.41) is 2.97. The van der Waals surface area contributed by atoms with Crippen molar-refractivity contribution in [1.29, 1.82) is 0 Å². The van der Waals surface area contributed by atoms with E-state index in [-0.39, 0.29) is 5.91 Å². The highest BCUT2D eigenvalue weighted by Crippen LogP contribution is 2.41. The molecule has 0 atom stereocenters. The van der Waals surface area contributed by atoms with Crippen molar-refractivity contribution in [1.82, 2.24) is 0 Å². The number of halogens is 1. The van der Waals surface area contributed by atoms with E-state index in [0.29, 0.717) is 5.57 Å². The number of aryl methyl sites for hydroxylation is 2. The SMILES string of the molecule is Cc1ccc(-c2c(C=C3C(=O)Nc4ccc(I)cc43)oc3c2CCCC3)cc1. The predicted molar refractivity (Wildman–Crippen MR) is 121 cm³/mol. The molecule has 1 N–H and O–H groups in total. The second-order valence-corrected chi connectivity index (χ2v) is 8.76. The fourth-order valence-electron chi connectivity index (χ4n) is 4.16. The minimum atomic E-state index is -0.0683. The van der Waals surface area contributed by atoms with Crippen LogP contribution in [-0.4, -0.2) is 5.91 Å². The number of carbonyl (C=O) groups excluding carboxylic acids is 1. The zero-order valence-corrected chi connectivity index (χ0v) is 17.8. The van der Waals surface area contributed by atoms with Crippen LogP contribution in [0.15, 0.2) is 46.9 Å². The van der Waals surface area contributed by atoms with Gasteiger partial charge in [-0.15, -0.1) is 0 Å². The van der Waals surface area contributed by atoms with E-state index in [1.165, 1.54) is 17.5 Å². The molecule has 1 aliphatic heterocycles. The highest BCUT2D eigenvalue weighted by Gasteiger charge is 2.28. The second kappa shape index (κ2) is 6.92. The molecule has 4 heteroatoms. The molecule has 28 heavy (non-hydrogen) atoms. The lowest BCUT2D eigenvalue weighted by molar-refractivity contribution is -0.110. The maximum atomic E-state index is 12.7. The summed E-state index contributed by atoms with van der Waals surface area (Å²) in [5.41, 5.74) is 7.33. The minimum Gasteiger partial charge on any atom is -0.461 e. The number of rotatable bonds is 2. The molecule has 0 saturated heterocycles. The van der Waals surface area contributed by atoms with Crippen LogP contribution in [0, 0.1) is 10.5 Å². The maximum Gasteiger partial charge on any atom is 0.256 e. The van der Waals surface area contributed by atoms with Gasteiger partial charge < -0.3 is 9.73 Å². The van der Waals surface area contributed by atoms with Gasteiger partial charge in [0.15, 0.2) is 0 Å². The third-order valence-corrected chi connectivity index (χ3v) is 6.25. The molecule has 1 aliphatic carbocycles. The van der Waals surface area contributed by atoms with E-state index >= 15 is 0 Å². The summed E-state index contributed by atoms with van der Waals surface area (Å²) in [6, 6.07) is 14.6. The fourth-order valence-corrected chi connectivity index (χ4v) is 4.65. The van der Waals surface area contributed by atoms with Gasteiger partial charge in [-0.05, 0) is 78.6 Å². The number of furan rings is 1. The zero-order chi connectivity index (χ0) is 19.3. The average Bonchev–Trinajstić information content (AvgIpc) is 3.20. The number of amides is 1. The van der Waals surface area contributed by atoms with Crippen LogP contribution < -0.4 is 5.32 Å². The molecule has 1 amide bonds. The first kappa shape index (κ1) is 17.7. The molecule has 1 aromatic heterocycles. The topological polar surface area (TPSA) is 42.2 Å². The van der Waals surface area contributed by atoms with Gasteiger partial charge in [0.25, 0.3) is 5.91 Å². The predicted octanol–water partition coefficient (Wildman–Crippen LogP) is 6.23. The molecule has 140 valence electrons. The number of fused-ring (bicyclic) bond motifs is 2. The van der Waals surface area contributed by atoms with Gasteiger partial charge in [0.1, 0.15) is 11.5 Å². The molecule has 2 aliphatic rings. The highest BCUT2D eigenvalue weighted by atomic mass is 127. The Hall–Kier alpha value is -2.34.